The Hall–Kier alpha value is -7.98. The molecule has 0 unspecified atom stereocenters. The van der Waals surface area contributed by atoms with Crippen LogP contribution in [-0.4, -0.2) is 0 Å². The molecule has 0 spiro atoms. The van der Waals surface area contributed by atoms with Gasteiger partial charge in [0.15, 0.2) is 5.58 Å². The molecule has 0 N–H and O–H groups in total. The van der Waals surface area contributed by atoms with Crippen molar-refractivity contribution in [3.63, 3.8) is 0 Å². The fourth-order valence-corrected chi connectivity index (χ4v) is 10.6. The number of rotatable bonds is 8. The van der Waals surface area contributed by atoms with Gasteiger partial charge in [0.2, 0.25) is 0 Å². The normalized spacial score (nSPS) is 11.5. The number of para-hydroxylation sites is 2. The second kappa shape index (κ2) is 15.5. The highest BCUT2D eigenvalue weighted by molar-refractivity contribution is 7.26. The highest BCUT2D eigenvalue weighted by Gasteiger charge is 2.28. The average molecular weight is 822 g/mol. The summed E-state index contributed by atoms with van der Waals surface area (Å²) in [4.78, 5) is 2.50. The van der Waals surface area contributed by atoms with Crippen molar-refractivity contribution in [1.29, 1.82) is 0 Å². The maximum absolute atomic E-state index is 7.16. The fourth-order valence-electron chi connectivity index (χ4n) is 9.33. The molecular formula is C60H39NOS. The summed E-state index contributed by atoms with van der Waals surface area (Å²) in [7, 11) is 0. The number of anilines is 3. The van der Waals surface area contributed by atoms with Gasteiger partial charge in [-0.2, -0.15) is 0 Å². The summed E-state index contributed by atoms with van der Waals surface area (Å²) in [6.45, 7) is 0. The van der Waals surface area contributed by atoms with Crippen molar-refractivity contribution in [3.8, 4) is 55.6 Å². The highest BCUT2D eigenvalue weighted by atomic mass is 32.1. The van der Waals surface area contributed by atoms with E-state index in [0.717, 1.165) is 72.4 Å². The van der Waals surface area contributed by atoms with Crippen LogP contribution in [-0.2, 0) is 0 Å². The lowest BCUT2D eigenvalue weighted by Gasteiger charge is -2.31. The lowest BCUT2D eigenvalue weighted by atomic mass is 9.93. The number of hydrogen-bond donors (Lipinski definition) is 0. The minimum absolute atomic E-state index is 0.839. The van der Waals surface area contributed by atoms with Crippen molar-refractivity contribution < 1.29 is 4.42 Å². The molecule has 0 radical (unpaired) electrons. The van der Waals surface area contributed by atoms with Crippen molar-refractivity contribution >= 4 is 70.5 Å². The molecule has 0 fully saturated rings. The Morgan fingerprint density at radius 3 is 1.43 bits per heavy atom. The summed E-state index contributed by atoms with van der Waals surface area (Å²) in [5.74, 6) is 0. The van der Waals surface area contributed by atoms with Crippen LogP contribution in [0, 0.1) is 0 Å². The minimum atomic E-state index is 0.839. The molecule has 12 rings (SSSR count). The van der Waals surface area contributed by atoms with Gasteiger partial charge >= 0.3 is 0 Å². The van der Waals surface area contributed by atoms with Gasteiger partial charge in [-0.3, -0.25) is 0 Å². The fraction of sp³-hybridized carbons (Fsp3) is 0. The maximum Gasteiger partial charge on any atom is 0.159 e. The van der Waals surface area contributed by atoms with Crippen molar-refractivity contribution in [3.05, 3.63) is 237 Å². The summed E-state index contributed by atoms with van der Waals surface area (Å²) in [5.41, 5.74) is 16.5. The number of furan rings is 1. The predicted octanol–water partition coefficient (Wildman–Crippen LogP) is 17.8. The average Bonchev–Trinajstić information content (AvgIpc) is 3.94. The standard InChI is InChI=1S/C60H39NOS/c1-6-18-40(19-7-1)45-32-34-50-51-30-17-31-54(59(51)62-55(50)38-45)61(58-47(42-22-10-3-11-23-42)28-16-29-48(58)43-24-12-4-13-25-43)53-37-36-49(44-26-14-5-15-27-44)60-57(53)52-35-33-46(39-56(52)63-60)41-20-8-2-9-21-41/h1-39H. The van der Waals surface area contributed by atoms with Crippen LogP contribution in [0.25, 0.3) is 97.7 Å². The quantitative estimate of drug-likeness (QED) is 0.152. The summed E-state index contributed by atoms with van der Waals surface area (Å²) >= 11 is 1.87. The molecule has 0 bridgehead atoms. The van der Waals surface area contributed by atoms with Crippen molar-refractivity contribution in [2.45, 2.75) is 0 Å². The van der Waals surface area contributed by atoms with Crippen molar-refractivity contribution in [2.75, 3.05) is 4.90 Å². The van der Waals surface area contributed by atoms with E-state index in [2.05, 4.69) is 241 Å². The lowest BCUT2D eigenvalue weighted by molar-refractivity contribution is 0.669. The summed E-state index contributed by atoms with van der Waals surface area (Å²) < 4.78 is 9.64. The smallest absolute Gasteiger partial charge is 0.159 e. The van der Waals surface area contributed by atoms with E-state index in [1.54, 1.807) is 0 Å². The highest BCUT2D eigenvalue weighted by Crippen LogP contribution is 2.54. The second-order valence-corrected chi connectivity index (χ2v) is 17.0. The molecule has 296 valence electrons. The number of thiophene rings is 1. The number of fused-ring (bicyclic) bond motifs is 6. The molecule has 0 aliphatic carbocycles. The molecule has 2 nitrogen and oxygen atoms in total. The van der Waals surface area contributed by atoms with E-state index in [1.807, 2.05) is 11.3 Å². The first-order valence-corrected chi connectivity index (χ1v) is 22.2. The van der Waals surface area contributed by atoms with Gasteiger partial charge in [0.05, 0.1) is 17.1 Å². The van der Waals surface area contributed by atoms with Crippen LogP contribution >= 0.6 is 11.3 Å². The van der Waals surface area contributed by atoms with E-state index in [9.17, 15) is 0 Å². The predicted molar refractivity (Wildman–Crippen MR) is 268 cm³/mol. The first kappa shape index (κ1) is 36.8. The Bertz CT molecular complexity index is 3540. The van der Waals surface area contributed by atoms with E-state index >= 15 is 0 Å². The Balaban J connectivity index is 1.21. The van der Waals surface area contributed by atoms with Crippen LogP contribution in [0.1, 0.15) is 0 Å². The second-order valence-electron chi connectivity index (χ2n) is 16.0. The van der Waals surface area contributed by atoms with E-state index in [4.69, 9.17) is 4.42 Å². The third-order valence-electron chi connectivity index (χ3n) is 12.3. The Morgan fingerprint density at radius 1 is 0.333 bits per heavy atom. The zero-order valence-electron chi connectivity index (χ0n) is 34.3. The zero-order chi connectivity index (χ0) is 41.7. The Labute approximate surface area is 370 Å². The SMILES string of the molecule is c1ccc(-c2ccc3c(c2)oc2c(N(c4c(-c5ccccc5)cccc4-c4ccccc4)c4ccc(-c5ccccc5)c5sc6cc(-c7ccccc7)ccc6c45)cccc23)cc1. The molecule has 0 aliphatic heterocycles. The van der Waals surface area contributed by atoms with E-state index in [0.29, 0.717) is 0 Å². The summed E-state index contributed by atoms with van der Waals surface area (Å²) in [6.07, 6.45) is 0. The van der Waals surface area contributed by atoms with Crippen LogP contribution in [0.2, 0.25) is 0 Å². The molecule has 2 heterocycles. The third-order valence-corrected chi connectivity index (χ3v) is 13.5. The van der Waals surface area contributed by atoms with E-state index in [-0.39, 0.29) is 0 Å². The topological polar surface area (TPSA) is 16.4 Å². The van der Waals surface area contributed by atoms with Crippen LogP contribution in [0.3, 0.4) is 0 Å². The van der Waals surface area contributed by atoms with E-state index in [1.165, 1.54) is 42.4 Å². The van der Waals surface area contributed by atoms with Gasteiger partial charge in [0.25, 0.3) is 0 Å². The van der Waals surface area contributed by atoms with Gasteiger partial charge in [0.1, 0.15) is 5.58 Å². The van der Waals surface area contributed by atoms with Gasteiger partial charge in [-0.1, -0.05) is 206 Å². The van der Waals surface area contributed by atoms with Crippen molar-refractivity contribution in [1.82, 2.24) is 0 Å². The third kappa shape index (κ3) is 6.41. The molecule has 10 aromatic carbocycles. The van der Waals surface area contributed by atoms with E-state index < -0.39 is 0 Å². The van der Waals surface area contributed by atoms with Gasteiger partial charge in [-0.15, -0.1) is 11.3 Å². The molecular weight excluding hydrogens is 783 g/mol. The van der Waals surface area contributed by atoms with Crippen LogP contribution in [0.15, 0.2) is 241 Å². The molecule has 12 aromatic rings. The van der Waals surface area contributed by atoms with Gasteiger partial charge in [0, 0.05) is 42.1 Å². The first-order valence-electron chi connectivity index (χ1n) is 21.4. The van der Waals surface area contributed by atoms with Gasteiger partial charge in [-0.05, 0) is 74.8 Å². The number of benzene rings is 10. The van der Waals surface area contributed by atoms with Crippen LogP contribution < -0.4 is 4.90 Å². The van der Waals surface area contributed by atoms with Crippen molar-refractivity contribution in [2.24, 2.45) is 0 Å². The maximum atomic E-state index is 7.16. The number of hydrogen-bond acceptors (Lipinski definition) is 3. The number of nitrogens with zero attached hydrogens (tertiary/aromatic N) is 1. The van der Waals surface area contributed by atoms with Gasteiger partial charge in [-0.25, -0.2) is 0 Å². The monoisotopic (exact) mass is 821 g/mol. The molecule has 0 amide bonds. The molecule has 0 saturated carbocycles. The lowest BCUT2D eigenvalue weighted by Crippen LogP contribution is -2.13. The molecule has 0 atom stereocenters. The Morgan fingerprint density at radius 2 is 0.841 bits per heavy atom. The van der Waals surface area contributed by atoms with Crippen LogP contribution in [0.4, 0.5) is 17.1 Å². The molecule has 0 saturated heterocycles. The van der Waals surface area contributed by atoms with Gasteiger partial charge < -0.3 is 9.32 Å². The molecule has 2 aromatic heterocycles. The Kier molecular flexibility index (Phi) is 9.06. The summed E-state index contributed by atoms with van der Waals surface area (Å²) in [5, 5.41) is 4.59. The first-order chi connectivity index (χ1) is 31.3. The zero-order valence-corrected chi connectivity index (χ0v) is 35.1. The molecule has 0 aliphatic rings. The molecule has 63 heavy (non-hydrogen) atoms. The summed E-state index contributed by atoms with van der Waals surface area (Å²) in [6, 6.07) is 85.3. The molecule has 3 heteroatoms. The minimum Gasteiger partial charge on any atom is -0.454 e. The van der Waals surface area contributed by atoms with Crippen LogP contribution in [0.5, 0.6) is 0 Å². The largest absolute Gasteiger partial charge is 0.454 e.